The number of ether oxygens (including phenoxy) is 1. The Morgan fingerprint density at radius 2 is 2.08 bits per heavy atom. The molecule has 3 aromatic rings. The van der Waals surface area contributed by atoms with Gasteiger partial charge in [0.15, 0.2) is 0 Å². The first-order chi connectivity index (χ1) is 12.2. The first-order valence-electron chi connectivity index (χ1n) is 8.42. The Labute approximate surface area is 151 Å². The maximum absolute atomic E-state index is 12.5. The summed E-state index contributed by atoms with van der Waals surface area (Å²) in [5, 5.41) is 1.12. The minimum absolute atomic E-state index is 0.0682. The minimum Gasteiger partial charge on any atom is -0.464 e. The highest BCUT2D eigenvalue weighted by Crippen LogP contribution is 2.40. The number of benzene rings is 2. The number of aryl methyl sites for hydroxylation is 1. The van der Waals surface area contributed by atoms with Gasteiger partial charge >= 0.3 is 5.97 Å². The molecule has 128 valence electrons. The molecule has 0 radical (unpaired) electrons. The lowest BCUT2D eigenvalue weighted by Gasteiger charge is -2.20. The van der Waals surface area contributed by atoms with E-state index in [1.165, 1.54) is 18.2 Å². The molecule has 2 heterocycles. The molecule has 0 fully saturated rings. The molecule has 2 aromatic carbocycles. The van der Waals surface area contributed by atoms with Gasteiger partial charge in [-0.05, 0) is 29.7 Å². The van der Waals surface area contributed by atoms with Crippen molar-refractivity contribution in [2.24, 2.45) is 0 Å². The van der Waals surface area contributed by atoms with Crippen LogP contribution >= 0.6 is 11.9 Å². The smallest absolute Gasteiger partial charge is 0.354 e. The highest BCUT2D eigenvalue weighted by Gasteiger charge is 2.28. The number of methoxy groups -OCH3 is 1. The van der Waals surface area contributed by atoms with E-state index in [0.29, 0.717) is 5.69 Å². The Hall–Kier alpha value is -2.40. The average molecular weight is 352 g/mol. The summed E-state index contributed by atoms with van der Waals surface area (Å²) in [5.74, 6) is 0.533. The number of rotatable bonds is 3. The lowest BCUT2D eigenvalue weighted by Crippen LogP contribution is -2.18. The van der Waals surface area contributed by atoms with Crippen LogP contribution in [0.25, 0.3) is 10.9 Å². The SMILES string of the molecule is CCc1ccc2c3c1cc(C(=O)OC)n3C(c1ccccc1)CSN2. The molecule has 0 saturated heterocycles. The van der Waals surface area contributed by atoms with E-state index >= 15 is 0 Å². The van der Waals surface area contributed by atoms with Gasteiger partial charge in [-0.25, -0.2) is 4.79 Å². The second-order valence-corrected chi connectivity index (χ2v) is 6.94. The van der Waals surface area contributed by atoms with Gasteiger partial charge in [0.05, 0.1) is 24.4 Å². The van der Waals surface area contributed by atoms with E-state index in [-0.39, 0.29) is 12.0 Å². The summed E-state index contributed by atoms with van der Waals surface area (Å²) in [7, 11) is 1.44. The zero-order chi connectivity index (χ0) is 17.4. The van der Waals surface area contributed by atoms with E-state index in [0.717, 1.165) is 28.8 Å². The standard InChI is InChI=1S/C20H20N2O2S/c1-3-13-9-10-16-19-15(13)11-17(20(23)24-2)22(19)18(12-25-21-16)14-7-5-4-6-8-14/h4-11,18,21H,3,12H2,1-2H3. The van der Waals surface area contributed by atoms with Gasteiger partial charge in [0.25, 0.3) is 0 Å². The summed E-state index contributed by atoms with van der Waals surface area (Å²) in [5.41, 5.74) is 5.17. The summed E-state index contributed by atoms with van der Waals surface area (Å²) in [6.07, 6.45) is 0.921. The van der Waals surface area contributed by atoms with Gasteiger partial charge in [-0.3, -0.25) is 0 Å². The molecule has 0 saturated carbocycles. The van der Waals surface area contributed by atoms with Gasteiger partial charge in [-0.2, -0.15) is 0 Å². The van der Waals surface area contributed by atoms with Crippen molar-refractivity contribution < 1.29 is 9.53 Å². The number of anilines is 1. The highest BCUT2D eigenvalue weighted by atomic mass is 32.2. The Bertz CT molecular complexity index is 934. The molecule has 0 bridgehead atoms. The van der Waals surface area contributed by atoms with E-state index in [1.807, 2.05) is 24.3 Å². The Kier molecular flexibility index (Phi) is 4.17. The predicted octanol–water partition coefficient (Wildman–Crippen LogP) is 4.65. The van der Waals surface area contributed by atoms with Crippen molar-refractivity contribution in [2.45, 2.75) is 19.4 Å². The molecule has 5 heteroatoms. The second-order valence-electron chi connectivity index (χ2n) is 6.12. The molecule has 1 unspecified atom stereocenters. The van der Waals surface area contributed by atoms with Crippen molar-refractivity contribution in [3.8, 4) is 0 Å². The second kappa shape index (κ2) is 6.48. The normalized spacial score (nSPS) is 16.3. The lowest BCUT2D eigenvalue weighted by molar-refractivity contribution is 0.0588. The fourth-order valence-electron chi connectivity index (χ4n) is 3.57. The number of nitrogens with one attached hydrogen (secondary N) is 1. The van der Waals surface area contributed by atoms with E-state index < -0.39 is 0 Å². The van der Waals surface area contributed by atoms with Crippen molar-refractivity contribution in [1.29, 1.82) is 0 Å². The number of nitrogens with zero attached hydrogens (tertiary/aromatic N) is 1. The Morgan fingerprint density at radius 1 is 1.28 bits per heavy atom. The number of aromatic nitrogens is 1. The van der Waals surface area contributed by atoms with E-state index in [4.69, 9.17) is 4.74 Å². The molecule has 4 rings (SSSR count). The number of hydrogen-bond acceptors (Lipinski definition) is 4. The molecule has 25 heavy (non-hydrogen) atoms. The van der Waals surface area contributed by atoms with Crippen LogP contribution in [0, 0.1) is 0 Å². The van der Waals surface area contributed by atoms with E-state index in [2.05, 4.69) is 40.5 Å². The third kappa shape index (κ3) is 2.59. The van der Waals surface area contributed by atoms with Crippen molar-refractivity contribution in [3.05, 3.63) is 65.4 Å². The first kappa shape index (κ1) is 16.1. The largest absolute Gasteiger partial charge is 0.464 e. The van der Waals surface area contributed by atoms with Gasteiger partial charge < -0.3 is 14.0 Å². The Balaban J connectivity index is 2.05. The topological polar surface area (TPSA) is 43.3 Å². The molecule has 1 N–H and O–H groups in total. The van der Waals surface area contributed by atoms with Crippen LogP contribution in [0.3, 0.4) is 0 Å². The number of esters is 1. The molecule has 1 aromatic heterocycles. The van der Waals surface area contributed by atoms with Crippen molar-refractivity contribution >= 4 is 34.5 Å². The summed E-state index contributed by atoms with van der Waals surface area (Å²) in [6.45, 7) is 2.14. The van der Waals surface area contributed by atoms with Crippen LogP contribution in [0.15, 0.2) is 48.5 Å². The van der Waals surface area contributed by atoms with Crippen molar-refractivity contribution in [1.82, 2.24) is 4.57 Å². The first-order valence-corrected chi connectivity index (χ1v) is 9.41. The maximum Gasteiger partial charge on any atom is 0.354 e. The van der Waals surface area contributed by atoms with Gasteiger partial charge in [0, 0.05) is 11.1 Å². The minimum atomic E-state index is -0.294. The number of carbonyl (C=O) groups excluding carboxylic acids is 1. The van der Waals surface area contributed by atoms with Crippen molar-refractivity contribution in [2.75, 3.05) is 17.6 Å². The summed E-state index contributed by atoms with van der Waals surface area (Å²) in [4.78, 5) is 12.5. The molecule has 0 spiro atoms. The highest BCUT2D eigenvalue weighted by molar-refractivity contribution is 8.00. The van der Waals surface area contributed by atoms with Crippen LogP contribution in [0.2, 0.25) is 0 Å². The van der Waals surface area contributed by atoms with Crippen LogP contribution < -0.4 is 4.72 Å². The average Bonchev–Trinajstić information content (AvgIpc) is 2.95. The molecule has 1 atom stereocenters. The number of hydrogen-bond donors (Lipinski definition) is 1. The molecular weight excluding hydrogens is 332 g/mol. The van der Waals surface area contributed by atoms with E-state index in [9.17, 15) is 4.79 Å². The molecule has 0 aliphatic carbocycles. The number of carbonyl (C=O) groups is 1. The molecule has 1 aliphatic rings. The zero-order valence-corrected chi connectivity index (χ0v) is 15.1. The van der Waals surface area contributed by atoms with Gasteiger partial charge in [-0.1, -0.05) is 55.3 Å². The fourth-order valence-corrected chi connectivity index (χ4v) is 4.47. The summed E-state index contributed by atoms with van der Waals surface area (Å²) < 4.78 is 10.7. The lowest BCUT2D eigenvalue weighted by atomic mass is 10.1. The Morgan fingerprint density at radius 3 is 2.80 bits per heavy atom. The van der Waals surface area contributed by atoms with Gasteiger partial charge in [0.1, 0.15) is 5.69 Å². The molecule has 4 nitrogen and oxygen atoms in total. The van der Waals surface area contributed by atoms with Crippen LogP contribution in [0.1, 0.15) is 34.6 Å². The monoisotopic (exact) mass is 352 g/mol. The predicted molar refractivity (Wildman–Crippen MR) is 103 cm³/mol. The third-order valence-electron chi connectivity index (χ3n) is 4.78. The fraction of sp³-hybridized carbons (Fsp3) is 0.250. The maximum atomic E-state index is 12.5. The molecule has 1 aliphatic heterocycles. The van der Waals surface area contributed by atoms with Gasteiger partial charge in [0.2, 0.25) is 0 Å². The van der Waals surface area contributed by atoms with Gasteiger partial charge in [-0.15, -0.1) is 0 Å². The molecule has 0 amide bonds. The zero-order valence-electron chi connectivity index (χ0n) is 14.3. The third-order valence-corrected chi connectivity index (χ3v) is 5.63. The quantitative estimate of drug-likeness (QED) is 0.550. The summed E-state index contributed by atoms with van der Waals surface area (Å²) in [6, 6.07) is 16.6. The van der Waals surface area contributed by atoms with Crippen LogP contribution in [0.5, 0.6) is 0 Å². The van der Waals surface area contributed by atoms with Crippen molar-refractivity contribution in [3.63, 3.8) is 0 Å². The molecular formula is C20H20N2O2S. The summed E-state index contributed by atoms with van der Waals surface area (Å²) >= 11 is 1.67. The van der Waals surface area contributed by atoms with E-state index in [1.54, 1.807) is 11.9 Å². The van der Waals surface area contributed by atoms with Crippen LogP contribution in [-0.2, 0) is 11.2 Å². The van der Waals surface area contributed by atoms with Crippen LogP contribution in [0.4, 0.5) is 5.69 Å². The van der Waals surface area contributed by atoms with Crippen LogP contribution in [-0.4, -0.2) is 23.4 Å².